The van der Waals surface area contributed by atoms with E-state index >= 15 is 0 Å². The van der Waals surface area contributed by atoms with Crippen molar-refractivity contribution in [1.29, 1.82) is 0 Å². The molecular formula is C12H25N3O3. The number of hydrogen-bond acceptors (Lipinski definition) is 3. The number of carbonyl (C=O) groups excluding carboxylic acids is 2. The maximum Gasteiger partial charge on any atom is 0.312 e. The third-order valence-electron chi connectivity index (χ3n) is 2.83. The van der Waals surface area contributed by atoms with Crippen LogP contribution in [0.5, 0.6) is 0 Å². The Balaban J connectivity index is 4.70. The summed E-state index contributed by atoms with van der Waals surface area (Å²) >= 11 is 0. The Morgan fingerprint density at radius 2 is 1.78 bits per heavy atom. The van der Waals surface area contributed by atoms with Gasteiger partial charge in [0.15, 0.2) is 0 Å². The second-order valence-corrected chi connectivity index (χ2v) is 5.58. The molecule has 0 bridgehead atoms. The molecule has 0 aromatic rings. The van der Waals surface area contributed by atoms with E-state index in [0.29, 0.717) is 6.42 Å². The third kappa shape index (κ3) is 5.86. The van der Waals surface area contributed by atoms with Gasteiger partial charge in [0.2, 0.25) is 5.91 Å². The average Bonchev–Trinajstić information content (AvgIpc) is 2.13. The zero-order valence-corrected chi connectivity index (χ0v) is 11.8. The first-order valence-corrected chi connectivity index (χ1v) is 6.12. The van der Waals surface area contributed by atoms with Crippen molar-refractivity contribution in [3.63, 3.8) is 0 Å². The van der Waals surface area contributed by atoms with Crippen molar-refractivity contribution in [2.24, 2.45) is 11.7 Å². The maximum atomic E-state index is 12.0. The van der Waals surface area contributed by atoms with Gasteiger partial charge in [-0.3, -0.25) is 4.79 Å². The quantitative estimate of drug-likeness (QED) is 0.553. The van der Waals surface area contributed by atoms with Gasteiger partial charge in [-0.2, -0.15) is 0 Å². The fourth-order valence-corrected chi connectivity index (χ4v) is 1.38. The summed E-state index contributed by atoms with van der Waals surface area (Å²) in [5.74, 6) is -0.101. The molecule has 0 aliphatic rings. The highest BCUT2D eigenvalue weighted by Gasteiger charge is 2.30. The third-order valence-corrected chi connectivity index (χ3v) is 2.83. The molecule has 0 heterocycles. The first-order valence-electron chi connectivity index (χ1n) is 6.12. The Morgan fingerprint density at radius 3 is 2.11 bits per heavy atom. The summed E-state index contributed by atoms with van der Waals surface area (Å²) < 4.78 is 0. The van der Waals surface area contributed by atoms with Crippen molar-refractivity contribution >= 4 is 11.9 Å². The lowest BCUT2D eigenvalue weighted by molar-refractivity contribution is -0.126. The zero-order valence-electron chi connectivity index (χ0n) is 11.8. The molecular weight excluding hydrogens is 234 g/mol. The molecule has 5 N–H and O–H groups in total. The van der Waals surface area contributed by atoms with Crippen molar-refractivity contribution in [1.82, 2.24) is 10.6 Å². The Bertz CT molecular complexity index is 301. The molecule has 106 valence electrons. The normalized spacial score (nSPS) is 15.1. The van der Waals surface area contributed by atoms with Gasteiger partial charge in [-0.15, -0.1) is 0 Å². The van der Waals surface area contributed by atoms with Crippen LogP contribution >= 0.6 is 0 Å². The fourth-order valence-electron chi connectivity index (χ4n) is 1.38. The lowest BCUT2D eigenvalue weighted by atomic mass is 9.96. The van der Waals surface area contributed by atoms with E-state index in [-0.39, 0.29) is 11.8 Å². The standard InChI is InChI=1S/C12H25N3O3/c1-7(2)6-9(14-11(13)18)10(17)15-12(4,5)8(3)16/h7-9,16H,6H2,1-5H3,(H,15,17)(H3,13,14,18). The number of aliphatic hydroxyl groups excluding tert-OH is 1. The molecule has 0 fully saturated rings. The highest BCUT2D eigenvalue weighted by atomic mass is 16.3. The van der Waals surface area contributed by atoms with Crippen molar-refractivity contribution < 1.29 is 14.7 Å². The number of hydrogen-bond donors (Lipinski definition) is 4. The van der Waals surface area contributed by atoms with Crippen LogP contribution < -0.4 is 16.4 Å². The number of urea groups is 1. The van der Waals surface area contributed by atoms with Crippen LogP contribution in [0.25, 0.3) is 0 Å². The van der Waals surface area contributed by atoms with Crippen LogP contribution in [0.1, 0.15) is 41.0 Å². The van der Waals surface area contributed by atoms with E-state index < -0.39 is 23.7 Å². The maximum absolute atomic E-state index is 12.0. The van der Waals surface area contributed by atoms with Gasteiger partial charge in [-0.1, -0.05) is 13.8 Å². The molecule has 2 unspecified atom stereocenters. The van der Waals surface area contributed by atoms with E-state index in [0.717, 1.165) is 0 Å². The molecule has 0 aromatic heterocycles. The lowest BCUT2D eigenvalue weighted by Gasteiger charge is -2.31. The summed E-state index contributed by atoms with van der Waals surface area (Å²) in [6.45, 7) is 8.92. The van der Waals surface area contributed by atoms with Crippen LogP contribution in [0.15, 0.2) is 0 Å². The van der Waals surface area contributed by atoms with Gasteiger partial charge < -0.3 is 21.5 Å². The van der Waals surface area contributed by atoms with Crippen molar-refractivity contribution in [2.45, 2.75) is 58.7 Å². The fraction of sp³-hybridized carbons (Fsp3) is 0.833. The number of aliphatic hydroxyl groups is 1. The second kappa shape index (κ2) is 6.58. The molecule has 0 saturated heterocycles. The molecule has 0 radical (unpaired) electrons. The van der Waals surface area contributed by atoms with E-state index in [1.807, 2.05) is 13.8 Å². The molecule has 0 rings (SSSR count). The van der Waals surface area contributed by atoms with Gasteiger partial charge in [-0.25, -0.2) is 4.79 Å². The Labute approximate surface area is 108 Å². The molecule has 18 heavy (non-hydrogen) atoms. The van der Waals surface area contributed by atoms with Crippen LogP contribution in [0, 0.1) is 5.92 Å². The summed E-state index contributed by atoms with van der Waals surface area (Å²) in [6, 6.07) is -1.41. The van der Waals surface area contributed by atoms with Crippen LogP contribution in [0.2, 0.25) is 0 Å². The highest BCUT2D eigenvalue weighted by Crippen LogP contribution is 2.11. The Kier molecular flexibility index (Phi) is 6.11. The highest BCUT2D eigenvalue weighted by molar-refractivity contribution is 5.87. The predicted molar refractivity (Wildman–Crippen MR) is 69.9 cm³/mol. The average molecular weight is 259 g/mol. The molecule has 0 saturated carbocycles. The summed E-state index contributed by atoms with van der Waals surface area (Å²) in [4.78, 5) is 22.9. The minimum absolute atomic E-state index is 0.238. The SMILES string of the molecule is CC(C)CC(NC(N)=O)C(=O)NC(C)(C)C(C)O. The minimum atomic E-state index is -0.758. The summed E-state index contributed by atoms with van der Waals surface area (Å²) in [5, 5.41) is 14.7. The van der Waals surface area contributed by atoms with Gasteiger partial charge >= 0.3 is 6.03 Å². The van der Waals surface area contributed by atoms with Crippen LogP contribution in [-0.2, 0) is 4.79 Å². The molecule has 6 nitrogen and oxygen atoms in total. The second-order valence-electron chi connectivity index (χ2n) is 5.58. The first-order chi connectivity index (χ1) is 8.06. The van der Waals surface area contributed by atoms with Crippen molar-refractivity contribution in [2.75, 3.05) is 0 Å². The number of rotatable bonds is 6. The van der Waals surface area contributed by atoms with Gasteiger partial charge in [0, 0.05) is 0 Å². The van der Waals surface area contributed by atoms with E-state index in [2.05, 4.69) is 10.6 Å². The number of nitrogens with two attached hydrogens (primary N) is 1. The van der Waals surface area contributed by atoms with Crippen LogP contribution in [0.4, 0.5) is 4.79 Å². The van der Waals surface area contributed by atoms with E-state index in [9.17, 15) is 14.7 Å². The van der Waals surface area contributed by atoms with Crippen molar-refractivity contribution in [3.05, 3.63) is 0 Å². The van der Waals surface area contributed by atoms with E-state index in [1.165, 1.54) is 0 Å². The summed E-state index contributed by atoms with van der Waals surface area (Å²) in [7, 11) is 0. The zero-order chi connectivity index (χ0) is 14.5. The summed E-state index contributed by atoms with van der Waals surface area (Å²) in [6.07, 6.45) is -0.209. The Morgan fingerprint density at radius 1 is 1.28 bits per heavy atom. The molecule has 6 heteroatoms. The number of nitrogens with one attached hydrogen (secondary N) is 2. The van der Waals surface area contributed by atoms with Gasteiger partial charge in [-0.05, 0) is 33.1 Å². The molecule has 0 aliphatic heterocycles. The number of amides is 3. The van der Waals surface area contributed by atoms with Crippen LogP contribution in [-0.4, -0.2) is 34.7 Å². The lowest BCUT2D eigenvalue weighted by Crippen LogP contribution is -2.57. The van der Waals surface area contributed by atoms with E-state index in [4.69, 9.17) is 5.73 Å². The molecule has 0 spiro atoms. The van der Waals surface area contributed by atoms with Crippen molar-refractivity contribution in [3.8, 4) is 0 Å². The molecule has 0 aromatic carbocycles. The minimum Gasteiger partial charge on any atom is -0.391 e. The first kappa shape index (κ1) is 16.7. The Hall–Kier alpha value is -1.30. The monoisotopic (exact) mass is 259 g/mol. The number of primary amides is 1. The molecule has 0 aliphatic carbocycles. The largest absolute Gasteiger partial charge is 0.391 e. The summed E-state index contributed by atoms with van der Waals surface area (Å²) in [5.41, 5.74) is 4.29. The number of carbonyl (C=O) groups is 2. The molecule has 3 amide bonds. The van der Waals surface area contributed by atoms with Gasteiger partial charge in [0.25, 0.3) is 0 Å². The van der Waals surface area contributed by atoms with Gasteiger partial charge in [0.1, 0.15) is 6.04 Å². The molecule has 2 atom stereocenters. The smallest absolute Gasteiger partial charge is 0.312 e. The predicted octanol–water partition coefficient (Wildman–Crippen LogP) is 0.345. The van der Waals surface area contributed by atoms with Gasteiger partial charge in [0.05, 0.1) is 11.6 Å². The van der Waals surface area contributed by atoms with Crippen LogP contribution in [0.3, 0.4) is 0 Å². The topological polar surface area (TPSA) is 104 Å². The van der Waals surface area contributed by atoms with E-state index in [1.54, 1.807) is 20.8 Å².